The summed E-state index contributed by atoms with van der Waals surface area (Å²) in [7, 11) is 1.51. The van der Waals surface area contributed by atoms with E-state index in [1.807, 2.05) is 62.4 Å². The molecule has 0 spiro atoms. The van der Waals surface area contributed by atoms with Gasteiger partial charge in [0.1, 0.15) is 0 Å². The topological polar surface area (TPSA) is 70.5 Å². The van der Waals surface area contributed by atoms with Crippen LogP contribution >= 0.6 is 0 Å². The molecule has 1 aliphatic rings. The SMILES string of the molecule is [C-]#[N+]c1ccc(-c2ccc3c4ccc(-c5ccc(C#N)cc5C)cc4n(-c4cccc5c4C(=O)N(C)C5=O)c3c2)c(C)c1. The first-order valence-corrected chi connectivity index (χ1v) is 13.8. The van der Waals surface area contributed by atoms with Crippen molar-refractivity contribution in [2.45, 2.75) is 13.8 Å². The first-order chi connectivity index (χ1) is 20.8. The zero-order valence-corrected chi connectivity index (χ0v) is 23.8. The van der Waals surface area contributed by atoms with Gasteiger partial charge in [-0.2, -0.15) is 5.26 Å². The number of aromatic nitrogens is 1. The molecule has 0 saturated carbocycles. The van der Waals surface area contributed by atoms with Gasteiger partial charge in [-0.15, -0.1) is 0 Å². The monoisotopic (exact) mass is 556 g/mol. The maximum absolute atomic E-state index is 13.4. The van der Waals surface area contributed by atoms with Crippen LogP contribution in [-0.2, 0) is 0 Å². The van der Waals surface area contributed by atoms with Crippen LogP contribution in [0.4, 0.5) is 5.69 Å². The second kappa shape index (κ2) is 9.55. The molecule has 5 aromatic carbocycles. The van der Waals surface area contributed by atoms with Gasteiger partial charge < -0.3 is 4.57 Å². The molecule has 6 aromatic rings. The van der Waals surface area contributed by atoms with Crippen LogP contribution in [0.2, 0.25) is 0 Å². The standard InChI is InChI=1S/C37H24N4O2/c1-21-16-23(20-38)8-12-27(21)24-9-13-29-30-14-10-25(28-15-11-26(39-3)17-22(28)2)19-34(30)41(33(29)18-24)32-7-5-6-31-35(32)37(43)40(4)36(31)42/h5-19H,1-2,4H3. The van der Waals surface area contributed by atoms with Gasteiger partial charge in [0.15, 0.2) is 5.69 Å². The quantitative estimate of drug-likeness (QED) is 0.162. The normalized spacial score (nSPS) is 12.5. The van der Waals surface area contributed by atoms with Crippen molar-refractivity contribution >= 4 is 39.3 Å². The number of aryl methyl sites for hydroxylation is 2. The third kappa shape index (κ3) is 3.85. The van der Waals surface area contributed by atoms with Gasteiger partial charge in [-0.05, 0) is 78.1 Å². The first-order valence-electron chi connectivity index (χ1n) is 13.8. The van der Waals surface area contributed by atoms with Crippen molar-refractivity contribution in [2.24, 2.45) is 0 Å². The summed E-state index contributed by atoms with van der Waals surface area (Å²) in [5.41, 5.74) is 10.4. The van der Waals surface area contributed by atoms with E-state index in [2.05, 4.69) is 51.9 Å². The van der Waals surface area contributed by atoms with Gasteiger partial charge in [0.2, 0.25) is 0 Å². The Morgan fingerprint density at radius 2 is 1.35 bits per heavy atom. The minimum atomic E-state index is -0.327. The number of carbonyl (C=O) groups is 2. The molecule has 1 aliphatic heterocycles. The fraction of sp³-hybridized carbons (Fsp3) is 0.0811. The van der Waals surface area contributed by atoms with Crippen LogP contribution in [0.1, 0.15) is 37.4 Å². The van der Waals surface area contributed by atoms with E-state index in [0.717, 1.165) is 55.2 Å². The van der Waals surface area contributed by atoms with Crippen LogP contribution in [-0.4, -0.2) is 28.3 Å². The smallest absolute Gasteiger partial charge is 0.263 e. The molecule has 2 amide bonds. The van der Waals surface area contributed by atoms with E-state index in [1.54, 1.807) is 6.07 Å². The van der Waals surface area contributed by atoms with Gasteiger partial charge in [0.25, 0.3) is 11.8 Å². The second-order valence-electron chi connectivity index (χ2n) is 10.9. The van der Waals surface area contributed by atoms with E-state index in [-0.39, 0.29) is 11.8 Å². The molecule has 0 saturated heterocycles. The van der Waals surface area contributed by atoms with E-state index in [1.165, 1.54) is 11.9 Å². The van der Waals surface area contributed by atoms with Crippen molar-refractivity contribution in [1.29, 1.82) is 5.26 Å². The van der Waals surface area contributed by atoms with Crippen molar-refractivity contribution in [3.63, 3.8) is 0 Å². The Morgan fingerprint density at radius 1 is 0.721 bits per heavy atom. The molecule has 0 N–H and O–H groups in total. The molecule has 0 bridgehead atoms. The number of fused-ring (bicyclic) bond motifs is 4. The Labute approximate surface area is 248 Å². The highest BCUT2D eigenvalue weighted by Gasteiger charge is 2.36. The maximum atomic E-state index is 13.4. The number of rotatable bonds is 3. The zero-order valence-electron chi connectivity index (χ0n) is 23.8. The zero-order chi connectivity index (χ0) is 30.0. The van der Waals surface area contributed by atoms with Gasteiger partial charge in [0.05, 0.1) is 46.1 Å². The number of nitriles is 1. The predicted octanol–water partition coefficient (Wildman–Crippen LogP) is 8.38. The van der Waals surface area contributed by atoms with E-state index in [9.17, 15) is 14.9 Å². The van der Waals surface area contributed by atoms with Crippen molar-refractivity contribution in [2.75, 3.05) is 7.05 Å². The lowest BCUT2D eigenvalue weighted by Gasteiger charge is -2.14. The van der Waals surface area contributed by atoms with Gasteiger partial charge in [-0.25, -0.2) is 4.85 Å². The van der Waals surface area contributed by atoms with E-state index in [0.29, 0.717) is 28.1 Å². The van der Waals surface area contributed by atoms with Crippen molar-refractivity contribution < 1.29 is 9.59 Å². The van der Waals surface area contributed by atoms with Gasteiger partial charge in [-0.1, -0.05) is 60.2 Å². The van der Waals surface area contributed by atoms with Gasteiger partial charge >= 0.3 is 0 Å². The largest absolute Gasteiger partial charge is 0.308 e. The fourth-order valence-electron chi connectivity index (χ4n) is 6.28. The second-order valence-corrected chi connectivity index (χ2v) is 10.9. The molecule has 6 nitrogen and oxygen atoms in total. The lowest BCUT2D eigenvalue weighted by Crippen LogP contribution is -2.24. The van der Waals surface area contributed by atoms with Crippen LogP contribution in [0, 0.1) is 31.8 Å². The molecule has 0 aliphatic carbocycles. The summed E-state index contributed by atoms with van der Waals surface area (Å²) in [4.78, 5) is 31.1. The van der Waals surface area contributed by atoms with Crippen LogP contribution in [0.15, 0.2) is 91.0 Å². The Hall–Kier alpha value is -5.98. The molecule has 0 unspecified atom stereocenters. The molecule has 2 heterocycles. The van der Waals surface area contributed by atoms with Crippen LogP contribution in [0.5, 0.6) is 0 Å². The van der Waals surface area contributed by atoms with E-state index < -0.39 is 0 Å². The predicted molar refractivity (Wildman–Crippen MR) is 169 cm³/mol. The number of nitrogens with zero attached hydrogens (tertiary/aromatic N) is 4. The summed E-state index contributed by atoms with van der Waals surface area (Å²) >= 11 is 0. The molecule has 43 heavy (non-hydrogen) atoms. The summed E-state index contributed by atoms with van der Waals surface area (Å²) in [6.45, 7) is 11.4. The van der Waals surface area contributed by atoms with Crippen LogP contribution < -0.4 is 0 Å². The highest BCUT2D eigenvalue weighted by Crippen LogP contribution is 2.40. The van der Waals surface area contributed by atoms with E-state index in [4.69, 9.17) is 6.57 Å². The molecule has 204 valence electrons. The third-order valence-electron chi connectivity index (χ3n) is 8.42. The Bertz CT molecular complexity index is 2170. The average Bonchev–Trinajstić information content (AvgIpc) is 3.46. The summed E-state index contributed by atoms with van der Waals surface area (Å²) in [6.07, 6.45) is 0. The van der Waals surface area contributed by atoms with Gasteiger partial charge in [0, 0.05) is 17.8 Å². The van der Waals surface area contributed by atoms with Crippen LogP contribution in [0.25, 0.3) is 54.6 Å². The minimum Gasteiger partial charge on any atom is -0.308 e. The lowest BCUT2D eigenvalue weighted by molar-refractivity contribution is 0.0693. The molecule has 1 aromatic heterocycles. The molecular formula is C37H24N4O2. The Morgan fingerprint density at radius 3 is 1.93 bits per heavy atom. The van der Waals surface area contributed by atoms with Crippen LogP contribution in [0.3, 0.4) is 0 Å². The third-order valence-corrected chi connectivity index (χ3v) is 8.42. The summed E-state index contributed by atoms with van der Waals surface area (Å²) < 4.78 is 2.09. The first kappa shape index (κ1) is 26.0. The minimum absolute atomic E-state index is 0.312. The van der Waals surface area contributed by atoms with Gasteiger partial charge in [-0.3, -0.25) is 14.5 Å². The Kier molecular flexibility index (Phi) is 5.76. The molecule has 0 fully saturated rings. The molecule has 6 heteroatoms. The summed E-state index contributed by atoms with van der Waals surface area (Å²) in [5.74, 6) is -0.640. The van der Waals surface area contributed by atoms with E-state index >= 15 is 0 Å². The highest BCUT2D eigenvalue weighted by molar-refractivity contribution is 6.23. The summed E-state index contributed by atoms with van der Waals surface area (Å²) in [6, 6.07) is 31.6. The summed E-state index contributed by atoms with van der Waals surface area (Å²) in [5, 5.41) is 11.4. The highest BCUT2D eigenvalue weighted by atomic mass is 16.2. The lowest BCUT2D eigenvalue weighted by atomic mass is 9.97. The molecule has 0 radical (unpaired) electrons. The molecule has 7 rings (SSSR count). The number of hydrogen-bond acceptors (Lipinski definition) is 3. The maximum Gasteiger partial charge on any atom is 0.263 e. The molecular weight excluding hydrogens is 532 g/mol. The number of amides is 2. The van der Waals surface area contributed by atoms with Crippen molar-refractivity contribution in [1.82, 2.24) is 9.47 Å². The number of hydrogen-bond donors (Lipinski definition) is 0. The van der Waals surface area contributed by atoms with Crippen molar-refractivity contribution in [3.8, 4) is 34.0 Å². The molecule has 0 atom stereocenters. The number of benzene rings is 5. The number of imide groups is 1. The number of carbonyl (C=O) groups excluding carboxylic acids is 2. The fourth-order valence-corrected chi connectivity index (χ4v) is 6.28. The average molecular weight is 557 g/mol. The van der Waals surface area contributed by atoms with Crippen molar-refractivity contribution in [3.05, 3.63) is 130 Å². The Balaban J connectivity index is 1.56.